The number of piperidine rings is 1. The molecule has 0 amide bonds. The SMILES string of the molecule is C[C@H](CC#N)N(C)S(=O)(=O)N1CC[C@H](C(F)(F)F)C(C)(C)C1. The molecule has 1 rings (SSSR count). The van der Waals surface area contributed by atoms with Gasteiger partial charge in [-0.15, -0.1) is 0 Å². The third-order valence-electron chi connectivity index (χ3n) is 4.29. The van der Waals surface area contributed by atoms with Crippen LogP contribution < -0.4 is 0 Å². The third-order valence-corrected chi connectivity index (χ3v) is 6.34. The lowest BCUT2D eigenvalue weighted by atomic mass is 9.74. The molecule has 128 valence electrons. The van der Waals surface area contributed by atoms with Crippen LogP contribution >= 0.6 is 0 Å². The molecule has 0 bridgehead atoms. The van der Waals surface area contributed by atoms with Gasteiger partial charge in [0, 0.05) is 26.2 Å². The van der Waals surface area contributed by atoms with Gasteiger partial charge in [-0.2, -0.15) is 35.5 Å². The maximum Gasteiger partial charge on any atom is 0.392 e. The van der Waals surface area contributed by atoms with E-state index in [1.54, 1.807) is 6.92 Å². The lowest BCUT2D eigenvalue weighted by Crippen LogP contribution is -2.55. The fourth-order valence-corrected chi connectivity index (χ4v) is 4.51. The van der Waals surface area contributed by atoms with Crippen molar-refractivity contribution in [2.24, 2.45) is 11.3 Å². The van der Waals surface area contributed by atoms with E-state index in [2.05, 4.69) is 0 Å². The summed E-state index contributed by atoms with van der Waals surface area (Å²) in [7, 11) is -2.53. The minimum absolute atomic E-state index is 0.0259. The summed E-state index contributed by atoms with van der Waals surface area (Å²) in [5.74, 6) is -1.52. The van der Waals surface area contributed by atoms with Crippen LogP contribution in [0.15, 0.2) is 0 Å². The molecule has 1 aliphatic heterocycles. The average molecular weight is 341 g/mol. The fourth-order valence-electron chi connectivity index (χ4n) is 2.78. The average Bonchev–Trinajstić information content (AvgIpc) is 2.35. The van der Waals surface area contributed by atoms with Gasteiger partial charge >= 0.3 is 6.18 Å². The van der Waals surface area contributed by atoms with Crippen LogP contribution in [0, 0.1) is 22.7 Å². The van der Waals surface area contributed by atoms with Gasteiger partial charge in [-0.05, 0) is 18.8 Å². The van der Waals surface area contributed by atoms with Crippen LogP contribution in [0.1, 0.15) is 33.6 Å². The zero-order valence-electron chi connectivity index (χ0n) is 13.2. The lowest BCUT2D eigenvalue weighted by Gasteiger charge is -2.45. The summed E-state index contributed by atoms with van der Waals surface area (Å²) < 4.78 is 66.3. The van der Waals surface area contributed by atoms with Crippen LogP contribution in [0.25, 0.3) is 0 Å². The molecule has 1 fully saturated rings. The molecule has 22 heavy (non-hydrogen) atoms. The van der Waals surface area contributed by atoms with Crippen molar-refractivity contribution in [1.29, 1.82) is 5.26 Å². The fraction of sp³-hybridized carbons (Fsp3) is 0.923. The molecule has 0 N–H and O–H groups in total. The number of nitrogens with zero attached hydrogens (tertiary/aromatic N) is 3. The van der Waals surface area contributed by atoms with Crippen LogP contribution in [-0.4, -0.2) is 49.4 Å². The molecular weight excluding hydrogens is 319 g/mol. The minimum atomic E-state index is -4.33. The van der Waals surface area contributed by atoms with Gasteiger partial charge in [0.1, 0.15) is 0 Å². The number of nitriles is 1. The van der Waals surface area contributed by atoms with Crippen molar-refractivity contribution in [3.63, 3.8) is 0 Å². The monoisotopic (exact) mass is 341 g/mol. The molecule has 0 spiro atoms. The molecule has 0 aromatic carbocycles. The van der Waals surface area contributed by atoms with E-state index in [4.69, 9.17) is 5.26 Å². The summed E-state index contributed by atoms with van der Waals surface area (Å²) in [4.78, 5) is 0. The van der Waals surface area contributed by atoms with E-state index < -0.39 is 33.8 Å². The van der Waals surface area contributed by atoms with Gasteiger partial charge in [-0.3, -0.25) is 0 Å². The Bertz CT molecular complexity index is 540. The molecule has 0 radical (unpaired) electrons. The number of hydrogen-bond donors (Lipinski definition) is 0. The summed E-state index contributed by atoms with van der Waals surface area (Å²) in [5, 5.41) is 8.66. The Labute approximate surface area is 129 Å². The number of rotatable bonds is 4. The van der Waals surface area contributed by atoms with Gasteiger partial charge in [0.15, 0.2) is 0 Å². The molecular formula is C13H22F3N3O2S. The number of halogens is 3. The standard InChI is InChI=1S/C13H22F3N3O2S/c1-10(5-7-17)18(4)22(20,21)19-8-6-11(13(14,15)16)12(2,3)9-19/h10-11H,5-6,8-9H2,1-4H3/t10-,11+/m1/s1. The van der Waals surface area contributed by atoms with Gasteiger partial charge < -0.3 is 0 Å². The molecule has 0 unspecified atom stereocenters. The molecule has 1 aliphatic rings. The molecule has 9 heteroatoms. The summed E-state index contributed by atoms with van der Waals surface area (Å²) in [6.45, 7) is 4.11. The van der Waals surface area contributed by atoms with E-state index in [9.17, 15) is 21.6 Å². The van der Waals surface area contributed by atoms with E-state index in [0.717, 1.165) is 8.61 Å². The smallest absolute Gasteiger partial charge is 0.198 e. The van der Waals surface area contributed by atoms with Crippen molar-refractivity contribution >= 4 is 10.2 Å². The van der Waals surface area contributed by atoms with Gasteiger partial charge in [-0.1, -0.05) is 13.8 Å². The van der Waals surface area contributed by atoms with Crippen LogP contribution in [0.3, 0.4) is 0 Å². The van der Waals surface area contributed by atoms with Crippen molar-refractivity contribution in [2.75, 3.05) is 20.1 Å². The maximum absolute atomic E-state index is 13.0. The van der Waals surface area contributed by atoms with Gasteiger partial charge in [-0.25, -0.2) is 0 Å². The van der Waals surface area contributed by atoms with E-state index in [1.807, 2.05) is 6.07 Å². The normalized spacial score (nSPS) is 25.0. The van der Waals surface area contributed by atoms with Gasteiger partial charge in [0.2, 0.25) is 0 Å². The van der Waals surface area contributed by atoms with Gasteiger partial charge in [0.05, 0.1) is 18.4 Å². The van der Waals surface area contributed by atoms with Crippen molar-refractivity contribution < 1.29 is 21.6 Å². The summed E-state index contributed by atoms with van der Waals surface area (Å²) >= 11 is 0. The number of hydrogen-bond acceptors (Lipinski definition) is 3. The Morgan fingerprint density at radius 1 is 1.45 bits per heavy atom. The minimum Gasteiger partial charge on any atom is -0.198 e. The van der Waals surface area contributed by atoms with Crippen LogP contribution in [0.5, 0.6) is 0 Å². The van der Waals surface area contributed by atoms with E-state index in [1.165, 1.54) is 20.9 Å². The van der Waals surface area contributed by atoms with E-state index in [0.29, 0.717) is 0 Å². The second kappa shape index (κ2) is 6.34. The van der Waals surface area contributed by atoms with Crippen LogP contribution in [-0.2, 0) is 10.2 Å². The lowest BCUT2D eigenvalue weighted by molar-refractivity contribution is -0.213. The number of alkyl halides is 3. The second-order valence-electron chi connectivity index (χ2n) is 6.44. The Balaban J connectivity index is 2.95. The van der Waals surface area contributed by atoms with Crippen molar-refractivity contribution in [3.05, 3.63) is 0 Å². The highest BCUT2D eigenvalue weighted by Gasteiger charge is 2.53. The Hall–Kier alpha value is -0.850. The molecule has 1 saturated heterocycles. The van der Waals surface area contributed by atoms with E-state index >= 15 is 0 Å². The first-order chi connectivity index (χ1) is 9.84. The molecule has 1 heterocycles. The first-order valence-electron chi connectivity index (χ1n) is 7.01. The Morgan fingerprint density at radius 3 is 2.41 bits per heavy atom. The van der Waals surface area contributed by atoms with Crippen LogP contribution in [0.4, 0.5) is 13.2 Å². The Morgan fingerprint density at radius 2 is 2.00 bits per heavy atom. The second-order valence-corrected chi connectivity index (χ2v) is 8.43. The third kappa shape index (κ3) is 3.91. The maximum atomic E-state index is 13.0. The molecule has 2 atom stereocenters. The summed E-state index contributed by atoms with van der Waals surface area (Å²) in [6, 6.07) is 1.36. The predicted molar refractivity (Wildman–Crippen MR) is 75.9 cm³/mol. The Kier molecular flexibility index (Phi) is 5.53. The van der Waals surface area contributed by atoms with Crippen LogP contribution in [0.2, 0.25) is 0 Å². The van der Waals surface area contributed by atoms with Crippen molar-refractivity contribution in [3.8, 4) is 6.07 Å². The molecule has 0 saturated carbocycles. The zero-order valence-corrected chi connectivity index (χ0v) is 14.0. The molecule has 0 aliphatic carbocycles. The van der Waals surface area contributed by atoms with Crippen molar-refractivity contribution in [2.45, 2.75) is 45.8 Å². The zero-order chi connectivity index (χ0) is 17.3. The highest BCUT2D eigenvalue weighted by molar-refractivity contribution is 7.86. The van der Waals surface area contributed by atoms with Gasteiger partial charge in [0.25, 0.3) is 10.2 Å². The quantitative estimate of drug-likeness (QED) is 0.788. The topological polar surface area (TPSA) is 64.4 Å². The first-order valence-corrected chi connectivity index (χ1v) is 8.40. The largest absolute Gasteiger partial charge is 0.392 e. The summed E-state index contributed by atoms with van der Waals surface area (Å²) in [6.07, 6.45) is -4.56. The predicted octanol–water partition coefficient (Wildman–Crippen LogP) is 2.38. The molecule has 5 nitrogen and oxygen atoms in total. The highest BCUT2D eigenvalue weighted by Crippen LogP contribution is 2.45. The summed E-state index contributed by atoms with van der Waals surface area (Å²) in [5.41, 5.74) is -1.19. The molecule has 0 aromatic rings. The van der Waals surface area contributed by atoms with E-state index in [-0.39, 0.29) is 25.9 Å². The molecule has 0 aromatic heterocycles. The first kappa shape index (κ1) is 19.2. The highest BCUT2D eigenvalue weighted by atomic mass is 32.2. The van der Waals surface area contributed by atoms with Crippen molar-refractivity contribution in [1.82, 2.24) is 8.61 Å².